The minimum atomic E-state index is -0.632. The second-order valence-corrected chi connectivity index (χ2v) is 5.57. The zero-order chi connectivity index (χ0) is 14.4. The molecule has 1 aromatic carbocycles. The summed E-state index contributed by atoms with van der Waals surface area (Å²) in [5.41, 5.74) is 6.82. The molecular formula is C15H17F2N3. The molecule has 1 aromatic heterocycles. The molecule has 0 atom stereocenters. The van der Waals surface area contributed by atoms with E-state index in [-0.39, 0.29) is 11.6 Å². The molecule has 0 aliphatic heterocycles. The van der Waals surface area contributed by atoms with Crippen molar-refractivity contribution < 1.29 is 8.78 Å². The van der Waals surface area contributed by atoms with E-state index in [0.29, 0.717) is 17.4 Å². The second kappa shape index (κ2) is 4.58. The van der Waals surface area contributed by atoms with Crippen LogP contribution in [-0.4, -0.2) is 9.55 Å². The van der Waals surface area contributed by atoms with Crippen molar-refractivity contribution in [3.63, 3.8) is 0 Å². The minimum Gasteiger partial charge on any atom is -0.383 e. The molecule has 0 bridgehead atoms. The maximum absolute atomic E-state index is 13.9. The van der Waals surface area contributed by atoms with Crippen LogP contribution in [-0.2, 0) is 0 Å². The molecule has 0 radical (unpaired) electrons. The standard InChI is InChI=1S/C15H17F2N3/c1-8(2)20-14(18)13(19-15(20)9-3-4-9)11-6-5-10(16)7-12(11)17/h5-9H,3-4,18H2,1-2H3. The molecule has 106 valence electrons. The minimum absolute atomic E-state index is 0.162. The van der Waals surface area contributed by atoms with Gasteiger partial charge in [-0.15, -0.1) is 0 Å². The Balaban J connectivity index is 2.16. The molecule has 1 heterocycles. The van der Waals surface area contributed by atoms with Crippen LogP contribution in [0.3, 0.4) is 0 Å². The fourth-order valence-corrected chi connectivity index (χ4v) is 2.52. The Hall–Kier alpha value is -1.91. The van der Waals surface area contributed by atoms with Crippen molar-refractivity contribution >= 4 is 5.82 Å². The lowest BCUT2D eigenvalue weighted by Crippen LogP contribution is -2.09. The molecule has 1 aliphatic rings. The van der Waals surface area contributed by atoms with E-state index in [1.54, 1.807) is 0 Å². The predicted octanol–water partition coefficient (Wildman–Crippen LogP) is 3.87. The third kappa shape index (κ3) is 2.07. The average molecular weight is 277 g/mol. The van der Waals surface area contributed by atoms with E-state index in [2.05, 4.69) is 4.98 Å². The van der Waals surface area contributed by atoms with Gasteiger partial charge in [0.25, 0.3) is 0 Å². The van der Waals surface area contributed by atoms with Gasteiger partial charge in [-0.1, -0.05) is 0 Å². The Bertz CT molecular complexity index is 657. The summed E-state index contributed by atoms with van der Waals surface area (Å²) in [6, 6.07) is 3.64. The van der Waals surface area contributed by atoms with Crippen LogP contribution in [0.5, 0.6) is 0 Å². The highest BCUT2D eigenvalue weighted by atomic mass is 19.1. The lowest BCUT2D eigenvalue weighted by atomic mass is 10.1. The quantitative estimate of drug-likeness (QED) is 0.925. The molecule has 2 aromatic rings. The van der Waals surface area contributed by atoms with Gasteiger partial charge in [0.15, 0.2) is 0 Å². The molecule has 1 fully saturated rings. The van der Waals surface area contributed by atoms with Gasteiger partial charge in [-0.2, -0.15) is 0 Å². The highest BCUT2D eigenvalue weighted by Crippen LogP contribution is 2.43. The number of nitrogens with two attached hydrogens (primary N) is 1. The van der Waals surface area contributed by atoms with Gasteiger partial charge in [-0.3, -0.25) is 0 Å². The van der Waals surface area contributed by atoms with E-state index in [0.717, 1.165) is 24.7 Å². The number of hydrogen-bond acceptors (Lipinski definition) is 2. The molecule has 0 saturated heterocycles. The van der Waals surface area contributed by atoms with E-state index >= 15 is 0 Å². The summed E-state index contributed by atoms with van der Waals surface area (Å²) in [7, 11) is 0. The van der Waals surface area contributed by atoms with Gasteiger partial charge in [0.1, 0.15) is 29.0 Å². The van der Waals surface area contributed by atoms with Crippen LogP contribution in [0.2, 0.25) is 0 Å². The maximum atomic E-state index is 13.9. The summed E-state index contributed by atoms with van der Waals surface area (Å²) in [5.74, 6) is 0.545. The maximum Gasteiger partial charge on any atom is 0.135 e. The molecular weight excluding hydrogens is 260 g/mol. The third-order valence-corrected chi connectivity index (χ3v) is 3.62. The van der Waals surface area contributed by atoms with Crippen LogP contribution in [0.1, 0.15) is 44.5 Å². The fraction of sp³-hybridized carbons (Fsp3) is 0.400. The normalized spacial score (nSPS) is 15.1. The van der Waals surface area contributed by atoms with Crippen LogP contribution in [0.25, 0.3) is 11.3 Å². The molecule has 5 heteroatoms. The first-order valence-corrected chi connectivity index (χ1v) is 6.82. The Morgan fingerprint density at radius 1 is 1.30 bits per heavy atom. The summed E-state index contributed by atoms with van der Waals surface area (Å²) >= 11 is 0. The monoisotopic (exact) mass is 277 g/mol. The molecule has 1 saturated carbocycles. The number of imidazole rings is 1. The van der Waals surface area contributed by atoms with Gasteiger partial charge in [0.05, 0.1) is 0 Å². The number of anilines is 1. The van der Waals surface area contributed by atoms with Crippen molar-refractivity contribution in [2.45, 2.75) is 38.6 Å². The first-order chi connectivity index (χ1) is 9.49. The summed E-state index contributed by atoms with van der Waals surface area (Å²) in [6.07, 6.45) is 2.18. The highest BCUT2D eigenvalue weighted by Gasteiger charge is 2.32. The zero-order valence-electron chi connectivity index (χ0n) is 11.5. The van der Waals surface area contributed by atoms with Gasteiger partial charge in [-0.05, 0) is 38.8 Å². The van der Waals surface area contributed by atoms with E-state index in [1.807, 2.05) is 18.4 Å². The first kappa shape index (κ1) is 13.1. The van der Waals surface area contributed by atoms with E-state index < -0.39 is 11.6 Å². The third-order valence-electron chi connectivity index (χ3n) is 3.62. The van der Waals surface area contributed by atoms with Crippen LogP contribution in [0.15, 0.2) is 18.2 Å². The number of rotatable bonds is 3. The van der Waals surface area contributed by atoms with Crippen LogP contribution in [0, 0.1) is 11.6 Å². The Morgan fingerprint density at radius 3 is 2.55 bits per heavy atom. The van der Waals surface area contributed by atoms with Crippen LogP contribution < -0.4 is 5.73 Å². The van der Waals surface area contributed by atoms with Crippen LogP contribution in [0.4, 0.5) is 14.6 Å². The van der Waals surface area contributed by atoms with Crippen molar-refractivity contribution in [2.75, 3.05) is 5.73 Å². The molecule has 1 aliphatic carbocycles. The molecule has 0 amide bonds. The fourth-order valence-electron chi connectivity index (χ4n) is 2.52. The SMILES string of the molecule is CC(C)n1c(C2CC2)nc(-c2ccc(F)cc2F)c1N. The number of hydrogen-bond donors (Lipinski definition) is 1. The molecule has 3 rings (SSSR count). The summed E-state index contributed by atoms with van der Waals surface area (Å²) in [5, 5.41) is 0. The largest absolute Gasteiger partial charge is 0.383 e. The second-order valence-electron chi connectivity index (χ2n) is 5.57. The van der Waals surface area contributed by atoms with Crippen molar-refractivity contribution in [1.82, 2.24) is 9.55 Å². The van der Waals surface area contributed by atoms with Gasteiger partial charge < -0.3 is 10.3 Å². The molecule has 3 nitrogen and oxygen atoms in total. The van der Waals surface area contributed by atoms with Crippen molar-refractivity contribution in [3.05, 3.63) is 35.7 Å². The van der Waals surface area contributed by atoms with E-state index in [1.165, 1.54) is 12.1 Å². The van der Waals surface area contributed by atoms with E-state index in [9.17, 15) is 8.78 Å². The predicted molar refractivity (Wildman–Crippen MR) is 74.4 cm³/mol. The van der Waals surface area contributed by atoms with Crippen molar-refractivity contribution in [3.8, 4) is 11.3 Å². The van der Waals surface area contributed by atoms with Gasteiger partial charge in [-0.25, -0.2) is 13.8 Å². The average Bonchev–Trinajstić information content (AvgIpc) is 3.14. The lowest BCUT2D eigenvalue weighted by molar-refractivity contribution is 0.576. The van der Waals surface area contributed by atoms with Crippen LogP contribution >= 0.6 is 0 Å². The van der Waals surface area contributed by atoms with Crippen molar-refractivity contribution in [2.24, 2.45) is 0 Å². The number of halogens is 2. The van der Waals surface area contributed by atoms with E-state index in [4.69, 9.17) is 5.73 Å². The number of nitrogens with zero attached hydrogens (tertiary/aromatic N) is 2. The number of benzene rings is 1. The molecule has 0 unspecified atom stereocenters. The topological polar surface area (TPSA) is 43.8 Å². The molecule has 20 heavy (non-hydrogen) atoms. The lowest BCUT2D eigenvalue weighted by Gasteiger charge is -2.13. The van der Waals surface area contributed by atoms with Crippen molar-refractivity contribution in [1.29, 1.82) is 0 Å². The summed E-state index contributed by atoms with van der Waals surface area (Å²) in [6.45, 7) is 4.05. The highest BCUT2D eigenvalue weighted by molar-refractivity contribution is 5.72. The first-order valence-electron chi connectivity index (χ1n) is 6.82. The Labute approximate surface area is 116 Å². The summed E-state index contributed by atoms with van der Waals surface area (Å²) < 4.78 is 28.9. The molecule has 2 N–H and O–H groups in total. The summed E-state index contributed by atoms with van der Waals surface area (Å²) in [4.78, 5) is 4.53. The Kier molecular flexibility index (Phi) is 3.00. The molecule has 0 spiro atoms. The number of aromatic nitrogens is 2. The Morgan fingerprint density at radius 2 is 2.00 bits per heavy atom. The smallest absolute Gasteiger partial charge is 0.135 e. The van der Waals surface area contributed by atoms with Gasteiger partial charge in [0, 0.05) is 23.6 Å². The van der Waals surface area contributed by atoms with Gasteiger partial charge in [0.2, 0.25) is 0 Å². The van der Waals surface area contributed by atoms with Gasteiger partial charge >= 0.3 is 0 Å². The zero-order valence-corrected chi connectivity index (χ0v) is 11.5. The number of nitrogen functional groups attached to an aromatic ring is 1.